The first-order valence-electron chi connectivity index (χ1n) is 7.38. The number of rotatable bonds is 6. The molecule has 0 aliphatic carbocycles. The molecule has 116 valence electrons. The van der Waals surface area contributed by atoms with E-state index in [9.17, 15) is 4.79 Å². The molecule has 5 heteroatoms. The Kier molecular flexibility index (Phi) is 6.93. The average molecular weight is 325 g/mol. The van der Waals surface area contributed by atoms with E-state index in [2.05, 4.69) is 35.8 Å². The number of benzene rings is 1. The normalized spacial score (nSPS) is 15.9. The van der Waals surface area contributed by atoms with Crippen LogP contribution in [0.4, 0.5) is 0 Å². The standard InChI is InChI=1S/C16H24N2OS2/c1-18(11-13-3-5-14(20-2)6-4-13)16(19)12-21-15-7-9-17-10-8-15/h3-6,15,17H,7-12H2,1-2H3. The number of amides is 1. The van der Waals surface area contributed by atoms with E-state index in [1.807, 2.05) is 23.7 Å². The molecule has 0 atom stereocenters. The van der Waals surface area contributed by atoms with Gasteiger partial charge >= 0.3 is 0 Å². The van der Waals surface area contributed by atoms with Crippen molar-refractivity contribution in [2.75, 3.05) is 32.1 Å². The van der Waals surface area contributed by atoms with Crippen LogP contribution in [-0.4, -0.2) is 48.2 Å². The summed E-state index contributed by atoms with van der Waals surface area (Å²) >= 11 is 3.55. The Labute approximate surface area is 136 Å². The lowest BCUT2D eigenvalue weighted by Crippen LogP contribution is -2.32. The molecule has 1 aliphatic heterocycles. The molecule has 1 aromatic carbocycles. The van der Waals surface area contributed by atoms with Gasteiger partial charge in [0.25, 0.3) is 0 Å². The predicted molar refractivity (Wildman–Crippen MR) is 93.0 cm³/mol. The maximum atomic E-state index is 12.2. The molecule has 1 aromatic rings. The third-order valence-electron chi connectivity index (χ3n) is 3.73. The van der Waals surface area contributed by atoms with Gasteiger partial charge < -0.3 is 10.2 Å². The fourth-order valence-electron chi connectivity index (χ4n) is 2.35. The maximum absolute atomic E-state index is 12.2. The fraction of sp³-hybridized carbons (Fsp3) is 0.562. The Morgan fingerprint density at radius 3 is 2.57 bits per heavy atom. The van der Waals surface area contributed by atoms with Gasteiger partial charge in [0.1, 0.15) is 0 Å². The number of carbonyl (C=O) groups is 1. The van der Waals surface area contributed by atoms with E-state index in [1.54, 1.807) is 11.8 Å². The zero-order chi connectivity index (χ0) is 15.1. The molecule has 1 N–H and O–H groups in total. The summed E-state index contributed by atoms with van der Waals surface area (Å²) in [6, 6.07) is 8.44. The Hall–Kier alpha value is -0.650. The SMILES string of the molecule is CSc1ccc(CN(C)C(=O)CSC2CCNCC2)cc1. The second kappa shape index (κ2) is 8.71. The number of nitrogens with one attached hydrogen (secondary N) is 1. The summed E-state index contributed by atoms with van der Waals surface area (Å²) in [5, 5.41) is 4.00. The van der Waals surface area contributed by atoms with Gasteiger partial charge in [-0.05, 0) is 49.9 Å². The van der Waals surface area contributed by atoms with Crippen LogP contribution in [0.2, 0.25) is 0 Å². The molecule has 1 saturated heterocycles. The maximum Gasteiger partial charge on any atom is 0.232 e. The van der Waals surface area contributed by atoms with Gasteiger partial charge in [-0.3, -0.25) is 4.79 Å². The third kappa shape index (κ3) is 5.57. The van der Waals surface area contributed by atoms with Crippen LogP contribution in [0.5, 0.6) is 0 Å². The topological polar surface area (TPSA) is 32.3 Å². The smallest absolute Gasteiger partial charge is 0.232 e. The van der Waals surface area contributed by atoms with Crippen molar-refractivity contribution in [1.29, 1.82) is 0 Å². The first-order valence-corrected chi connectivity index (χ1v) is 9.65. The molecular weight excluding hydrogens is 300 g/mol. The second-order valence-electron chi connectivity index (χ2n) is 5.36. The summed E-state index contributed by atoms with van der Waals surface area (Å²) in [5.74, 6) is 0.830. The van der Waals surface area contributed by atoms with Gasteiger partial charge in [0.2, 0.25) is 5.91 Å². The first-order chi connectivity index (χ1) is 10.2. The zero-order valence-electron chi connectivity index (χ0n) is 12.8. The minimum atomic E-state index is 0.229. The van der Waals surface area contributed by atoms with E-state index in [4.69, 9.17) is 0 Å². The zero-order valence-corrected chi connectivity index (χ0v) is 14.4. The predicted octanol–water partition coefficient (Wildman–Crippen LogP) is 2.85. The third-order valence-corrected chi connectivity index (χ3v) is 5.83. The van der Waals surface area contributed by atoms with Crippen molar-refractivity contribution >= 4 is 29.4 Å². The van der Waals surface area contributed by atoms with Gasteiger partial charge in [0, 0.05) is 23.7 Å². The number of hydrogen-bond donors (Lipinski definition) is 1. The average Bonchev–Trinajstić information content (AvgIpc) is 2.54. The summed E-state index contributed by atoms with van der Waals surface area (Å²) in [7, 11) is 1.90. The lowest BCUT2D eigenvalue weighted by Gasteiger charge is -2.23. The van der Waals surface area contributed by atoms with Crippen LogP contribution in [0, 0.1) is 0 Å². The number of carbonyl (C=O) groups excluding carboxylic acids is 1. The number of nitrogens with zero attached hydrogens (tertiary/aromatic N) is 1. The summed E-state index contributed by atoms with van der Waals surface area (Å²) < 4.78 is 0. The summed E-state index contributed by atoms with van der Waals surface area (Å²) in [5.41, 5.74) is 1.19. The first kappa shape index (κ1) is 16.7. The van der Waals surface area contributed by atoms with E-state index in [0.29, 0.717) is 17.5 Å². The summed E-state index contributed by atoms with van der Waals surface area (Å²) in [6.45, 7) is 2.87. The van der Waals surface area contributed by atoms with Gasteiger partial charge in [0.15, 0.2) is 0 Å². The molecule has 0 spiro atoms. The van der Waals surface area contributed by atoms with Gasteiger partial charge in [-0.15, -0.1) is 23.5 Å². The monoisotopic (exact) mass is 324 g/mol. The second-order valence-corrected chi connectivity index (χ2v) is 7.53. The molecule has 3 nitrogen and oxygen atoms in total. The largest absolute Gasteiger partial charge is 0.341 e. The van der Waals surface area contributed by atoms with Crippen molar-refractivity contribution in [2.24, 2.45) is 0 Å². The highest BCUT2D eigenvalue weighted by atomic mass is 32.2. The minimum absolute atomic E-state index is 0.229. The molecular formula is C16H24N2OS2. The van der Waals surface area contributed by atoms with Crippen LogP contribution in [0.1, 0.15) is 18.4 Å². The Bertz CT molecular complexity index is 444. The number of thioether (sulfide) groups is 2. The Morgan fingerprint density at radius 1 is 1.29 bits per heavy atom. The van der Waals surface area contributed by atoms with Crippen LogP contribution in [0.3, 0.4) is 0 Å². The van der Waals surface area contributed by atoms with E-state index in [-0.39, 0.29) is 5.91 Å². The van der Waals surface area contributed by atoms with E-state index >= 15 is 0 Å². The van der Waals surface area contributed by atoms with Crippen molar-refractivity contribution in [2.45, 2.75) is 29.5 Å². The van der Waals surface area contributed by atoms with Crippen molar-refractivity contribution < 1.29 is 4.79 Å². The summed E-state index contributed by atoms with van der Waals surface area (Å²) in [6.07, 6.45) is 4.43. The molecule has 0 bridgehead atoms. The highest BCUT2D eigenvalue weighted by molar-refractivity contribution is 8.00. The van der Waals surface area contributed by atoms with E-state index in [0.717, 1.165) is 13.1 Å². The molecule has 0 saturated carbocycles. The summed E-state index contributed by atoms with van der Waals surface area (Å²) in [4.78, 5) is 15.3. The molecule has 0 unspecified atom stereocenters. The van der Waals surface area contributed by atoms with Gasteiger partial charge in [-0.25, -0.2) is 0 Å². The number of hydrogen-bond acceptors (Lipinski definition) is 4. The van der Waals surface area contributed by atoms with Crippen LogP contribution >= 0.6 is 23.5 Å². The molecule has 1 fully saturated rings. The van der Waals surface area contributed by atoms with Crippen molar-refractivity contribution in [3.05, 3.63) is 29.8 Å². The Morgan fingerprint density at radius 2 is 1.95 bits per heavy atom. The van der Waals surface area contributed by atoms with Crippen molar-refractivity contribution in [1.82, 2.24) is 10.2 Å². The lowest BCUT2D eigenvalue weighted by molar-refractivity contribution is -0.127. The fourth-order valence-corrected chi connectivity index (χ4v) is 3.93. The molecule has 1 aliphatic rings. The van der Waals surface area contributed by atoms with Crippen LogP contribution in [0.15, 0.2) is 29.2 Å². The van der Waals surface area contributed by atoms with E-state index in [1.165, 1.54) is 23.3 Å². The molecule has 21 heavy (non-hydrogen) atoms. The van der Waals surface area contributed by atoms with Gasteiger partial charge in [0.05, 0.1) is 5.75 Å². The highest BCUT2D eigenvalue weighted by Crippen LogP contribution is 2.21. The molecule has 0 aromatic heterocycles. The molecule has 1 heterocycles. The number of piperidine rings is 1. The van der Waals surface area contributed by atoms with Crippen LogP contribution < -0.4 is 5.32 Å². The van der Waals surface area contributed by atoms with Gasteiger partial charge in [-0.2, -0.15) is 0 Å². The molecule has 2 rings (SSSR count). The lowest BCUT2D eigenvalue weighted by atomic mass is 10.2. The quantitative estimate of drug-likeness (QED) is 0.816. The van der Waals surface area contributed by atoms with Crippen molar-refractivity contribution in [3.8, 4) is 0 Å². The van der Waals surface area contributed by atoms with Crippen molar-refractivity contribution in [3.63, 3.8) is 0 Å². The molecule has 1 amide bonds. The Balaban J connectivity index is 1.75. The van der Waals surface area contributed by atoms with E-state index < -0.39 is 0 Å². The van der Waals surface area contributed by atoms with Crippen LogP contribution in [0.25, 0.3) is 0 Å². The minimum Gasteiger partial charge on any atom is -0.341 e. The van der Waals surface area contributed by atoms with Gasteiger partial charge in [-0.1, -0.05) is 12.1 Å². The molecule has 0 radical (unpaired) electrons. The van der Waals surface area contributed by atoms with Crippen LogP contribution in [-0.2, 0) is 11.3 Å². The highest BCUT2D eigenvalue weighted by Gasteiger charge is 2.16.